The molecule has 0 bridgehead atoms. The smallest absolute Gasteiger partial charge is 0.340 e. The standard InChI is InChI=1S/C7H8N2O5/c1-5(10)13-3-6(11)9-2-7(12)14-4-8/h2-3H2,1H3,(H,9,11). The average molecular weight is 200 g/mol. The number of nitriles is 1. The molecule has 0 atom stereocenters. The highest BCUT2D eigenvalue weighted by Crippen LogP contribution is 1.77. The minimum absolute atomic E-state index is 0.437. The van der Waals surface area contributed by atoms with Crippen LogP contribution in [0.3, 0.4) is 0 Å². The molecule has 0 heterocycles. The first-order valence-electron chi connectivity index (χ1n) is 3.55. The number of hydrogen-bond donors (Lipinski definition) is 1. The maximum absolute atomic E-state index is 10.8. The lowest BCUT2D eigenvalue weighted by Crippen LogP contribution is -2.33. The largest absolute Gasteiger partial charge is 0.456 e. The normalized spacial score (nSPS) is 8.29. The summed E-state index contributed by atoms with van der Waals surface area (Å²) < 4.78 is 8.19. The second kappa shape index (κ2) is 6.42. The first-order chi connectivity index (χ1) is 6.56. The summed E-state index contributed by atoms with van der Waals surface area (Å²) in [5, 5.41) is 9.98. The third kappa shape index (κ3) is 6.60. The van der Waals surface area contributed by atoms with Crippen LogP contribution in [0, 0.1) is 11.5 Å². The van der Waals surface area contributed by atoms with Gasteiger partial charge in [0.05, 0.1) is 0 Å². The number of nitrogens with one attached hydrogen (secondary N) is 1. The van der Waals surface area contributed by atoms with Crippen LogP contribution in [0.5, 0.6) is 0 Å². The average Bonchev–Trinajstić information content (AvgIpc) is 2.12. The Labute approximate surface area is 79.6 Å². The predicted molar refractivity (Wildman–Crippen MR) is 41.3 cm³/mol. The van der Waals surface area contributed by atoms with E-state index in [2.05, 4.69) is 14.8 Å². The van der Waals surface area contributed by atoms with Crippen LogP contribution < -0.4 is 5.32 Å². The molecule has 7 heteroatoms. The number of ether oxygens (including phenoxy) is 2. The van der Waals surface area contributed by atoms with Crippen molar-refractivity contribution in [3.63, 3.8) is 0 Å². The zero-order valence-corrected chi connectivity index (χ0v) is 7.40. The summed E-state index contributed by atoms with van der Waals surface area (Å²) in [5.41, 5.74) is 0. The van der Waals surface area contributed by atoms with Crippen LogP contribution in [0.4, 0.5) is 0 Å². The molecule has 0 unspecified atom stereocenters. The first-order valence-corrected chi connectivity index (χ1v) is 3.55. The van der Waals surface area contributed by atoms with Gasteiger partial charge in [0.25, 0.3) is 12.2 Å². The second-order valence-corrected chi connectivity index (χ2v) is 2.12. The summed E-state index contributed by atoms with van der Waals surface area (Å²) >= 11 is 0. The predicted octanol–water partition coefficient (Wildman–Crippen LogP) is -1.31. The number of carbonyl (C=O) groups excluding carboxylic acids is 3. The van der Waals surface area contributed by atoms with Crippen LogP contribution in [0.25, 0.3) is 0 Å². The third-order valence-corrected chi connectivity index (χ3v) is 0.996. The second-order valence-electron chi connectivity index (χ2n) is 2.12. The highest BCUT2D eigenvalue weighted by Gasteiger charge is 2.07. The summed E-state index contributed by atoms with van der Waals surface area (Å²) in [5.74, 6) is -2.13. The molecular formula is C7H8N2O5. The Morgan fingerprint density at radius 1 is 1.43 bits per heavy atom. The highest BCUT2D eigenvalue weighted by molar-refractivity contribution is 5.84. The molecule has 0 fully saturated rings. The van der Waals surface area contributed by atoms with Crippen molar-refractivity contribution in [3.8, 4) is 6.26 Å². The lowest BCUT2D eigenvalue weighted by molar-refractivity contribution is -0.146. The van der Waals surface area contributed by atoms with Gasteiger partial charge in [-0.05, 0) is 0 Å². The SMILES string of the molecule is CC(=O)OCC(=O)NCC(=O)OC#N. The maximum Gasteiger partial charge on any atom is 0.340 e. The zero-order chi connectivity index (χ0) is 11.0. The molecule has 0 radical (unpaired) electrons. The highest BCUT2D eigenvalue weighted by atomic mass is 16.5. The molecule has 0 aromatic heterocycles. The summed E-state index contributed by atoms with van der Waals surface area (Å²) in [4.78, 5) is 31.5. The van der Waals surface area contributed by atoms with Crippen molar-refractivity contribution in [1.82, 2.24) is 5.32 Å². The third-order valence-electron chi connectivity index (χ3n) is 0.996. The molecule has 0 saturated carbocycles. The topological polar surface area (TPSA) is 105 Å². The molecule has 0 aliphatic rings. The summed E-state index contributed by atoms with van der Waals surface area (Å²) in [6.07, 6.45) is 1.16. The molecule has 0 rings (SSSR count). The molecule has 7 nitrogen and oxygen atoms in total. The Morgan fingerprint density at radius 3 is 2.57 bits per heavy atom. The van der Waals surface area contributed by atoms with E-state index in [0.29, 0.717) is 0 Å². The van der Waals surface area contributed by atoms with Gasteiger partial charge in [0.2, 0.25) is 0 Å². The monoisotopic (exact) mass is 200 g/mol. The van der Waals surface area contributed by atoms with Crippen LogP contribution in [-0.2, 0) is 23.9 Å². The van der Waals surface area contributed by atoms with E-state index in [-0.39, 0.29) is 0 Å². The summed E-state index contributed by atoms with van der Waals surface area (Å²) in [6.45, 7) is 0.250. The van der Waals surface area contributed by atoms with Gasteiger partial charge in [0.15, 0.2) is 6.61 Å². The molecule has 0 spiro atoms. The Kier molecular flexibility index (Phi) is 5.46. The van der Waals surface area contributed by atoms with E-state index in [1.807, 2.05) is 0 Å². The van der Waals surface area contributed by atoms with Crippen LogP contribution in [0.15, 0.2) is 0 Å². The van der Waals surface area contributed by atoms with Gasteiger partial charge in [-0.1, -0.05) is 0 Å². The number of hydrogen-bond acceptors (Lipinski definition) is 6. The van der Waals surface area contributed by atoms with Gasteiger partial charge in [0, 0.05) is 6.92 Å². The van der Waals surface area contributed by atoms with Gasteiger partial charge in [0.1, 0.15) is 6.54 Å². The number of amides is 1. The van der Waals surface area contributed by atoms with Crippen molar-refractivity contribution in [3.05, 3.63) is 0 Å². The zero-order valence-electron chi connectivity index (χ0n) is 7.40. The Morgan fingerprint density at radius 2 is 2.07 bits per heavy atom. The number of nitrogens with zero attached hydrogens (tertiary/aromatic N) is 1. The number of carbonyl (C=O) groups is 3. The fourth-order valence-electron chi connectivity index (χ4n) is 0.476. The quantitative estimate of drug-likeness (QED) is 0.446. The van der Waals surface area contributed by atoms with Gasteiger partial charge >= 0.3 is 11.9 Å². The van der Waals surface area contributed by atoms with Gasteiger partial charge in [-0.2, -0.15) is 0 Å². The lowest BCUT2D eigenvalue weighted by atomic mass is 10.5. The lowest BCUT2D eigenvalue weighted by Gasteiger charge is -2.02. The van der Waals surface area contributed by atoms with E-state index in [9.17, 15) is 14.4 Å². The Bertz CT molecular complexity index is 280. The van der Waals surface area contributed by atoms with Crippen LogP contribution in [0.2, 0.25) is 0 Å². The van der Waals surface area contributed by atoms with Crippen molar-refractivity contribution in [2.45, 2.75) is 6.92 Å². The fraction of sp³-hybridized carbons (Fsp3) is 0.429. The molecule has 0 aromatic carbocycles. The van der Waals surface area contributed by atoms with E-state index in [1.54, 1.807) is 0 Å². The van der Waals surface area contributed by atoms with Gasteiger partial charge in [-0.15, -0.1) is 5.26 Å². The van der Waals surface area contributed by atoms with Gasteiger partial charge < -0.3 is 14.8 Å². The van der Waals surface area contributed by atoms with Crippen LogP contribution in [0.1, 0.15) is 6.92 Å². The first kappa shape index (κ1) is 11.9. The molecule has 76 valence electrons. The Balaban J connectivity index is 3.59. The van der Waals surface area contributed by atoms with Crippen molar-refractivity contribution >= 4 is 17.8 Å². The molecule has 0 saturated heterocycles. The van der Waals surface area contributed by atoms with Crippen molar-refractivity contribution < 1.29 is 23.9 Å². The molecule has 0 aliphatic carbocycles. The molecule has 14 heavy (non-hydrogen) atoms. The van der Waals surface area contributed by atoms with Crippen molar-refractivity contribution in [2.24, 2.45) is 0 Å². The van der Waals surface area contributed by atoms with Crippen molar-refractivity contribution in [1.29, 1.82) is 5.26 Å². The Hall–Kier alpha value is -2.10. The van der Waals surface area contributed by atoms with E-state index in [0.717, 1.165) is 13.2 Å². The van der Waals surface area contributed by atoms with Crippen molar-refractivity contribution in [2.75, 3.05) is 13.2 Å². The number of esters is 2. The molecular weight excluding hydrogens is 192 g/mol. The maximum atomic E-state index is 10.8. The summed E-state index contributed by atoms with van der Waals surface area (Å²) in [7, 11) is 0. The minimum atomic E-state index is -0.885. The summed E-state index contributed by atoms with van der Waals surface area (Å²) in [6, 6.07) is 0. The van der Waals surface area contributed by atoms with E-state index in [1.165, 1.54) is 0 Å². The number of rotatable bonds is 4. The van der Waals surface area contributed by atoms with Crippen LogP contribution >= 0.6 is 0 Å². The van der Waals surface area contributed by atoms with Gasteiger partial charge in [-0.25, -0.2) is 4.79 Å². The molecule has 0 aliphatic heterocycles. The molecule has 1 amide bonds. The molecule has 0 aromatic rings. The van der Waals surface area contributed by atoms with Crippen LogP contribution in [-0.4, -0.2) is 31.0 Å². The van der Waals surface area contributed by atoms with Gasteiger partial charge in [-0.3, -0.25) is 9.59 Å². The van der Waals surface area contributed by atoms with E-state index < -0.39 is 31.0 Å². The fourth-order valence-corrected chi connectivity index (χ4v) is 0.476. The van der Waals surface area contributed by atoms with E-state index in [4.69, 9.17) is 5.26 Å². The minimum Gasteiger partial charge on any atom is -0.456 e. The molecule has 1 N–H and O–H groups in total. The van der Waals surface area contributed by atoms with E-state index >= 15 is 0 Å².